The minimum absolute atomic E-state index is 0.272. The molecule has 0 saturated carbocycles. The Bertz CT molecular complexity index is 654. The van der Waals surface area contributed by atoms with Crippen molar-refractivity contribution in [3.05, 3.63) is 39.4 Å². The molecule has 0 aliphatic carbocycles. The van der Waals surface area contributed by atoms with Gasteiger partial charge in [0.2, 0.25) is 5.82 Å². The second kappa shape index (κ2) is 6.47. The number of H-pyrrole nitrogens is 1. The maximum absolute atomic E-state index is 9.08. The summed E-state index contributed by atoms with van der Waals surface area (Å²) in [6.45, 7) is 4.31. The summed E-state index contributed by atoms with van der Waals surface area (Å²) in [5, 5.41) is 25.5. The van der Waals surface area contributed by atoms with Crippen molar-refractivity contribution >= 4 is 33.9 Å². The maximum atomic E-state index is 9.08. The lowest BCUT2D eigenvalue weighted by atomic mass is 10.0. The fourth-order valence-corrected chi connectivity index (χ4v) is 2.28. The number of allylic oxidation sites excluding steroid dienone is 1. The fourth-order valence-electron chi connectivity index (χ4n) is 1.58. The Labute approximate surface area is 130 Å². The van der Waals surface area contributed by atoms with Crippen LogP contribution in [0.3, 0.4) is 0 Å². The number of rotatable bonds is 4. The van der Waals surface area contributed by atoms with Gasteiger partial charge in [-0.25, -0.2) is 0 Å². The van der Waals surface area contributed by atoms with E-state index >= 15 is 0 Å². The zero-order valence-corrected chi connectivity index (χ0v) is 13.2. The Hall–Kier alpha value is -1.95. The van der Waals surface area contributed by atoms with Crippen molar-refractivity contribution in [3.63, 3.8) is 0 Å². The number of aromatic nitrogens is 4. The van der Waals surface area contributed by atoms with Crippen LogP contribution in [-0.2, 0) is 0 Å². The first-order chi connectivity index (χ1) is 9.61. The third-order valence-corrected chi connectivity index (χ3v) is 3.63. The Morgan fingerprint density at radius 3 is 2.85 bits per heavy atom. The molecule has 0 aliphatic rings. The molecule has 0 aliphatic heterocycles. The highest BCUT2D eigenvalue weighted by Crippen LogP contribution is 2.24. The van der Waals surface area contributed by atoms with Crippen LogP contribution >= 0.6 is 22.6 Å². The zero-order chi connectivity index (χ0) is 14.5. The molecule has 102 valence electrons. The van der Waals surface area contributed by atoms with Gasteiger partial charge in [-0.3, -0.25) is 0 Å². The lowest BCUT2D eigenvalue weighted by Gasteiger charge is -2.09. The molecule has 0 fully saturated rings. The molecule has 0 radical (unpaired) electrons. The van der Waals surface area contributed by atoms with Crippen LogP contribution in [0.15, 0.2) is 24.4 Å². The van der Waals surface area contributed by atoms with E-state index in [9.17, 15) is 0 Å². The van der Waals surface area contributed by atoms with Crippen LogP contribution in [0.5, 0.6) is 0 Å². The van der Waals surface area contributed by atoms with Crippen molar-refractivity contribution in [2.75, 3.05) is 5.32 Å². The number of halogens is 1. The normalized spacial score (nSPS) is 11.4. The third kappa shape index (κ3) is 3.33. The molecule has 0 atom stereocenters. The first kappa shape index (κ1) is 14.5. The minimum atomic E-state index is 0.272. The highest BCUT2D eigenvalue weighted by Gasteiger charge is 2.07. The van der Waals surface area contributed by atoms with Crippen molar-refractivity contribution in [1.29, 1.82) is 5.26 Å². The van der Waals surface area contributed by atoms with E-state index in [2.05, 4.69) is 74.5 Å². The minimum Gasteiger partial charge on any atom is -0.359 e. The van der Waals surface area contributed by atoms with Gasteiger partial charge in [0.25, 0.3) is 0 Å². The molecule has 6 nitrogen and oxygen atoms in total. The number of benzene rings is 1. The quantitative estimate of drug-likeness (QED) is 0.629. The van der Waals surface area contributed by atoms with Crippen molar-refractivity contribution < 1.29 is 0 Å². The van der Waals surface area contributed by atoms with E-state index in [4.69, 9.17) is 5.26 Å². The summed E-state index contributed by atoms with van der Waals surface area (Å²) in [6.07, 6.45) is 1.58. The van der Waals surface area contributed by atoms with E-state index in [1.54, 1.807) is 6.20 Å². The summed E-state index contributed by atoms with van der Waals surface area (Å²) in [7, 11) is 0. The van der Waals surface area contributed by atoms with Gasteiger partial charge >= 0.3 is 0 Å². The summed E-state index contributed by atoms with van der Waals surface area (Å²) >= 11 is 2.27. The van der Waals surface area contributed by atoms with Gasteiger partial charge in [0, 0.05) is 9.77 Å². The number of hydrogen-bond acceptors (Lipinski definition) is 5. The van der Waals surface area contributed by atoms with E-state index in [1.807, 2.05) is 12.1 Å². The van der Waals surface area contributed by atoms with Crippen LogP contribution in [0, 0.1) is 14.9 Å². The largest absolute Gasteiger partial charge is 0.359 e. The Morgan fingerprint density at radius 2 is 2.30 bits per heavy atom. The van der Waals surface area contributed by atoms with E-state index in [-0.39, 0.29) is 5.82 Å². The molecular weight excluding hydrogens is 367 g/mol. The van der Waals surface area contributed by atoms with Crippen LogP contribution in [-0.4, -0.2) is 20.6 Å². The molecule has 2 aromatic rings. The molecular formula is C13H13IN6. The molecule has 20 heavy (non-hydrogen) atoms. The third-order valence-electron chi connectivity index (χ3n) is 2.74. The standard InChI is InChI=1S/C13H13IN6/c1-8(2)9-3-4-12(11(14)5-9)16-7-10(6-15)13-17-19-20-18-13/h3-5,7-8,16H,1-2H3,(H,17,18,19,20). The second-order valence-corrected chi connectivity index (χ2v) is 5.61. The van der Waals surface area contributed by atoms with E-state index < -0.39 is 0 Å². The second-order valence-electron chi connectivity index (χ2n) is 4.44. The number of anilines is 1. The fraction of sp³-hybridized carbons (Fsp3) is 0.231. The van der Waals surface area contributed by atoms with Crippen LogP contribution in [0.25, 0.3) is 5.57 Å². The van der Waals surface area contributed by atoms with E-state index in [0.29, 0.717) is 11.5 Å². The highest BCUT2D eigenvalue weighted by atomic mass is 127. The van der Waals surface area contributed by atoms with Crippen LogP contribution in [0.4, 0.5) is 5.69 Å². The first-order valence-electron chi connectivity index (χ1n) is 6.02. The molecule has 2 rings (SSSR count). The molecule has 7 heteroatoms. The first-order valence-corrected chi connectivity index (χ1v) is 7.09. The average Bonchev–Trinajstić information content (AvgIpc) is 2.95. The van der Waals surface area contributed by atoms with E-state index in [1.165, 1.54) is 5.56 Å². The molecule has 2 N–H and O–H groups in total. The monoisotopic (exact) mass is 380 g/mol. The smallest absolute Gasteiger partial charge is 0.216 e. The van der Waals surface area contributed by atoms with Crippen LogP contribution in [0.1, 0.15) is 31.2 Å². The number of tetrazole rings is 1. The Balaban J connectivity index is 2.20. The van der Waals surface area contributed by atoms with Gasteiger partial charge in [0.1, 0.15) is 11.6 Å². The maximum Gasteiger partial charge on any atom is 0.216 e. The number of nitrogens with zero attached hydrogens (tertiary/aromatic N) is 4. The molecule has 0 amide bonds. The number of nitriles is 1. The molecule has 0 unspecified atom stereocenters. The predicted octanol–water partition coefficient (Wildman–Crippen LogP) is 2.90. The SMILES string of the molecule is CC(C)c1ccc(NC=C(C#N)c2nn[nH]n2)c(I)c1. The van der Waals surface area contributed by atoms with Gasteiger partial charge < -0.3 is 5.32 Å². The topological polar surface area (TPSA) is 90.3 Å². The van der Waals surface area contributed by atoms with E-state index in [0.717, 1.165) is 9.26 Å². The lowest BCUT2D eigenvalue weighted by Crippen LogP contribution is -1.96. The van der Waals surface area contributed by atoms with Crippen LogP contribution in [0.2, 0.25) is 0 Å². The van der Waals surface area contributed by atoms with Crippen molar-refractivity contribution in [2.24, 2.45) is 0 Å². The molecule has 1 aromatic carbocycles. The number of aromatic amines is 1. The van der Waals surface area contributed by atoms with Gasteiger partial charge in [-0.05, 0) is 51.4 Å². The molecule has 0 spiro atoms. The van der Waals surface area contributed by atoms with Gasteiger partial charge in [-0.15, -0.1) is 10.2 Å². The summed E-state index contributed by atoms with van der Waals surface area (Å²) < 4.78 is 1.09. The highest BCUT2D eigenvalue weighted by molar-refractivity contribution is 14.1. The van der Waals surface area contributed by atoms with Gasteiger partial charge in [-0.2, -0.15) is 10.5 Å². The number of hydrogen-bond donors (Lipinski definition) is 2. The Kier molecular flexibility index (Phi) is 4.68. The van der Waals surface area contributed by atoms with Gasteiger partial charge in [0.15, 0.2) is 0 Å². The van der Waals surface area contributed by atoms with Crippen molar-refractivity contribution in [1.82, 2.24) is 20.6 Å². The van der Waals surface area contributed by atoms with Crippen molar-refractivity contribution in [2.45, 2.75) is 19.8 Å². The average molecular weight is 380 g/mol. The molecule has 1 aromatic heterocycles. The number of nitrogens with one attached hydrogen (secondary N) is 2. The predicted molar refractivity (Wildman–Crippen MR) is 84.6 cm³/mol. The summed E-state index contributed by atoms with van der Waals surface area (Å²) in [6, 6.07) is 8.23. The van der Waals surface area contributed by atoms with Crippen molar-refractivity contribution in [3.8, 4) is 6.07 Å². The summed E-state index contributed by atoms with van der Waals surface area (Å²) in [4.78, 5) is 0. The van der Waals surface area contributed by atoms with Crippen LogP contribution < -0.4 is 5.32 Å². The summed E-state index contributed by atoms with van der Waals surface area (Å²) in [5.41, 5.74) is 2.54. The van der Waals surface area contributed by atoms with Gasteiger partial charge in [-0.1, -0.05) is 19.9 Å². The molecule has 0 bridgehead atoms. The lowest BCUT2D eigenvalue weighted by molar-refractivity contribution is 0.866. The zero-order valence-electron chi connectivity index (χ0n) is 11.1. The van der Waals surface area contributed by atoms with Gasteiger partial charge in [0.05, 0.1) is 5.69 Å². The Morgan fingerprint density at radius 1 is 1.50 bits per heavy atom. The summed E-state index contributed by atoms with van der Waals surface area (Å²) in [5.74, 6) is 0.760. The molecule has 1 heterocycles. The molecule has 0 saturated heterocycles.